The summed E-state index contributed by atoms with van der Waals surface area (Å²) in [5.41, 5.74) is 10.2. The molecule has 45 heavy (non-hydrogen) atoms. The van der Waals surface area contributed by atoms with Gasteiger partial charge in [0.25, 0.3) is 0 Å². The lowest BCUT2D eigenvalue weighted by Gasteiger charge is -2.28. The summed E-state index contributed by atoms with van der Waals surface area (Å²) < 4.78 is 5.43. The minimum atomic E-state index is -0.741. The van der Waals surface area contributed by atoms with Crippen molar-refractivity contribution in [1.82, 2.24) is 26.3 Å². The van der Waals surface area contributed by atoms with Gasteiger partial charge in [-0.25, -0.2) is 0 Å². The van der Waals surface area contributed by atoms with Gasteiger partial charge >= 0.3 is 12.2 Å². The van der Waals surface area contributed by atoms with Gasteiger partial charge in [0.15, 0.2) is 0 Å². The fraction of sp³-hybridized carbons (Fsp3) is 0.606. The van der Waals surface area contributed by atoms with E-state index in [1.807, 2.05) is 45.2 Å². The van der Waals surface area contributed by atoms with Gasteiger partial charge in [-0.3, -0.25) is 19.2 Å². The number of nitrogens with one attached hydrogen (secondary N) is 5. The molecule has 3 unspecified atom stereocenters. The topological polar surface area (TPSA) is 178 Å². The minimum absolute atomic E-state index is 0.00919. The molecule has 248 valence electrons. The van der Waals surface area contributed by atoms with Crippen molar-refractivity contribution in [3.05, 3.63) is 41.6 Å². The van der Waals surface area contributed by atoms with E-state index in [-0.39, 0.29) is 42.8 Å². The van der Waals surface area contributed by atoms with Gasteiger partial charge in [-0.1, -0.05) is 45.4 Å². The number of rotatable bonds is 20. The summed E-state index contributed by atoms with van der Waals surface area (Å²) in [6.07, 6.45) is 5.61. The molecule has 0 fully saturated rings. The number of aromatic nitrogens is 1. The number of nitrogens with zero attached hydrogens (tertiary/aromatic N) is 2. The quantitative estimate of drug-likeness (QED) is 0.0493. The monoisotopic (exact) mass is 625 g/mol. The molecule has 1 aromatic carbocycles. The molecule has 1 heterocycles. The zero-order chi connectivity index (χ0) is 33.4. The standard InChI is InChI=1S/C33H51N7O5/c1-22(2)45-31(43)30(15-14-27(42)21-39-34)38-19-25(11-9-10-16-35-23(3)41)36-20-26(40-32(44)33(4,5)6)17-24-18-37-29-13-8-7-12-28(24)29/h7-8,12-13,18,21-22,25-26,30,36-38H,9-11,14-17,19-20H2,1-6H3,(H,35,41)(H,40,44). The molecule has 0 bridgehead atoms. The molecule has 2 aromatic rings. The molecule has 0 saturated carbocycles. The maximum atomic E-state index is 13.1. The number of ether oxygens (including phenoxy) is 1. The van der Waals surface area contributed by atoms with E-state index in [9.17, 15) is 19.2 Å². The number of esters is 1. The number of hydrogen-bond donors (Lipinski definition) is 5. The maximum Gasteiger partial charge on any atom is 0.323 e. The number of aromatic amines is 1. The number of carbonyl (C=O) groups excluding carboxylic acids is 4. The van der Waals surface area contributed by atoms with Crippen molar-refractivity contribution in [3.8, 4) is 0 Å². The molecule has 0 aliphatic heterocycles. The Morgan fingerprint density at radius 2 is 1.73 bits per heavy atom. The van der Waals surface area contributed by atoms with Gasteiger partial charge in [0.05, 0.1) is 6.10 Å². The molecule has 2 amide bonds. The van der Waals surface area contributed by atoms with Crippen LogP contribution in [-0.2, 0) is 30.3 Å². The molecule has 0 radical (unpaired) electrons. The van der Waals surface area contributed by atoms with Gasteiger partial charge in [-0.15, -0.1) is 0 Å². The first-order valence-electron chi connectivity index (χ1n) is 15.8. The van der Waals surface area contributed by atoms with Crippen molar-refractivity contribution in [3.63, 3.8) is 0 Å². The second-order valence-corrected chi connectivity index (χ2v) is 12.8. The van der Waals surface area contributed by atoms with Crippen molar-refractivity contribution in [1.29, 1.82) is 0 Å². The number of Topliss-reactive ketones (excluding diaryl/α,β-unsaturated/α-hetero) is 1. The van der Waals surface area contributed by atoms with E-state index < -0.39 is 23.2 Å². The zero-order valence-electron chi connectivity index (χ0n) is 27.6. The van der Waals surface area contributed by atoms with Crippen molar-refractivity contribution in [2.24, 2.45) is 5.41 Å². The molecular formula is C33H51N7O5. The Balaban J connectivity index is 2.20. The highest BCUT2D eigenvalue weighted by Crippen LogP contribution is 2.20. The van der Waals surface area contributed by atoms with Gasteiger partial charge in [0, 0.05) is 67.6 Å². The van der Waals surface area contributed by atoms with Crippen molar-refractivity contribution < 1.29 is 28.7 Å². The third-order valence-corrected chi connectivity index (χ3v) is 7.29. The van der Waals surface area contributed by atoms with Crippen LogP contribution < -0.4 is 21.3 Å². The van der Waals surface area contributed by atoms with Crippen molar-refractivity contribution in [2.45, 2.75) is 104 Å². The van der Waals surface area contributed by atoms with Crippen LogP contribution in [0.3, 0.4) is 0 Å². The van der Waals surface area contributed by atoms with E-state index in [1.165, 1.54) is 6.92 Å². The Labute approximate surface area is 266 Å². The van der Waals surface area contributed by atoms with E-state index in [0.29, 0.717) is 26.1 Å². The molecule has 12 nitrogen and oxygen atoms in total. The SMILES string of the molecule is CC(=O)NCCCCC(CNC(CCC(=O)C=[N+]=[N-])C(=O)OC(C)C)NCC(Cc1c[nH]c2ccccc12)NC(=O)C(C)(C)C. The second kappa shape index (κ2) is 18.8. The van der Waals surface area contributed by atoms with Gasteiger partial charge in [0.1, 0.15) is 6.04 Å². The first-order chi connectivity index (χ1) is 21.3. The van der Waals surface area contributed by atoms with Crippen molar-refractivity contribution >= 4 is 40.7 Å². The molecule has 0 saturated heterocycles. The van der Waals surface area contributed by atoms with Crippen LogP contribution >= 0.6 is 0 Å². The Bertz CT molecular complexity index is 1310. The molecule has 0 aliphatic carbocycles. The lowest BCUT2D eigenvalue weighted by atomic mass is 9.94. The zero-order valence-corrected chi connectivity index (χ0v) is 27.6. The number of ketones is 1. The van der Waals surface area contributed by atoms with Crippen LogP contribution in [0, 0.1) is 5.41 Å². The normalized spacial score (nSPS) is 13.5. The highest BCUT2D eigenvalue weighted by Gasteiger charge is 2.27. The summed E-state index contributed by atoms with van der Waals surface area (Å²) in [5.74, 6) is -0.984. The molecular weight excluding hydrogens is 574 g/mol. The first-order valence-corrected chi connectivity index (χ1v) is 15.8. The number of fused-ring (bicyclic) bond motifs is 1. The Hall–Kier alpha value is -3.86. The fourth-order valence-corrected chi connectivity index (χ4v) is 4.83. The number of para-hydroxylation sites is 1. The smallest absolute Gasteiger partial charge is 0.323 e. The summed E-state index contributed by atoms with van der Waals surface area (Å²) in [5, 5.41) is 14.0. The summed E-state index contributed by atoms with van der Waals surface area (Å²) in [4.78, 5) is 55.3. The summed E-state index contributed by atoms with van der Waals surface area (Å²) >= 11 is 0. The van der Waals surface area contributed by atoms with E-state index in [4.69, 9.17) is 10.3 Å². The summed E-state index contributed by atoms with van der Waals surface area (Å²) in [6, 6.07) is 7.01. The predicted molar refractivity (Wildman–Crippen MR) is 175 cm³/mol. The largest absolute Gasteiger partial charge is 0.462 e. The second-order valence-electron chi connectivity index (χ2n) is 12.8. The third kappa shape index (κ3) is 14.2. The van der Waals surface area contributed by atoms with Crippen LogP contribution in [0.1, 0.15) is 79.2 Å². The molecule has 2 rings (SSSR count). The van der Waals surface area contributed by atoms with E-state index in [1.54, 1.807) is 13.8 Å². The number of hydrogen-bond acceptors (Lipinski definition) is 7. The number of H-pyrrole nitrogens is 1. The van der Waals surface area contributed by atoms with Crippen LogP contribution in [0.2, 0.25) is 0 Å². The van der Waals surface area contributed by atoms with Crippen molar-refractivity contribution in [2.75, 3.05) is 19.6 Å². The van der Waals surface area contributed by atoms with Crippen LogP contribution in [0.4, 0.5) is 0 Å². The highest BCUT2D eigenvalue weighted by molar-refractivity contribution is 6.25. The first kappa shape index (κ1) is 37.3. The molecule has 0 spiro atoms. The van der Waals surface area contributed by atoms with E-state index >= 15 is 0 Å². The summed E-state index contributed by atoms with van der Waals surface area (Å²) in [6.45, 7) is 12.1. The molecule has 1 aromatic heterocycles. The number of benzene rings is 1. The summed E-state index contributed by atoms with van der Waals surface area (Å²) in [7, 11) is 0. The maximum absolute atomic E-state index is 13.1. The molecule has 12 heteroatoms. The minimum Gasteiger partial charge on any atom is -0.462 e. The van der Waals surface area contributed by atoms with Gasteiger partial charge in [-0.05, 0) is 51.2 Å². The lowest BCUT2D eigenvalue weighted by Crippen LogP contribution is -2.52. The highest BCUT2D eigenvalue weighted by atomic mass is 16.5. The predicted octanol–water partition coefficient (Wildman–Crippen LogP) is 3.07. The average molecular weight is 626 g/mol. The van der Waals surface area contributed by atoms with E-state index in [0.717, 1.165) is 41.9 Å². The van der Waals surface area contributed by atoms with Gasteiger partial charge in [-0.2, -0.15) is 4.79 Å². The average Bonchev–Trinajstić information content (AvgIpc) is 3.36. The fourth-order valence-electron chi connectivity index (χ4n) is 4.83. The van der Waals surface area contributed by atoms with Crippen LogP contribution in [0.5, 0.6) is 0 Å². The Morgan fingerprint density at radius 3 is 2.40 bits per heavy atom. The lowest BCUT2D eigenvalue weighted by molar-refractivity contribution is -0.150. The Morgan fingerprint density at radius 1 is 1.02 bits per heavy atom. The molecule has 0 aliphatic rings. The number of amides is 2. The number of unbranched alkanes of at least 4 members (excludes halogenated alkanes) is 1. The van der Waals surface area contributed by atoms with Gasteiger partial charge < -0.3 is 36.5 Å². The number of carbonyl (C=O) groups is 4. The van der Waals surface area contributed by atoms with Gasteiger partial charge in [0.2, 0.25) is 17.6 Å². The van der Waals surface area contributed by atoms with Crippen LogP contribution in [-0.4, -0.2) is 83.4 Å². The van der Waals surface area contributed by atoms with Crippen LogP contribution in [0.15, 0.2) is 30.5 Å². The molecule has 3 atom stereocenters. The molecule has 5 N–H and O–H groups in total. The third-order valence-electron chi connectivity index (χ3n) is 7.29. The Kier molecular flexibility index (Phi) is 15.6. The van der Waals surface area contributed by atoms with E-state index in [2.05, 4.69) is 37.1 Å². The van der Waals surface area contributed by atoms with Crippen LogP contribution in [0.25, 0.3) is 16.4 Å².